The SMILES string of the molecule is CCNC(=O)SC(CCC(=O)O)c1ccc(-c2ccccc2)cc1. The van der Waals surface area contributed by atoms with Crippen molar-refractivity contribution in [3.05, 3.63) is 60.2 Å². The Labute approximate surface area is 146 Å². The van der Waals surface area contributed by atoms with Crippen LogP contribution in [0.2, 0.25) is 0 Å². The van der Waals surface area contributed by atoms with Crippen LogP contribution in [0.5, 0.6) is 0 Å². The molecule has 0 bridgehead atoms. The highest BCUT2D eigenvalue weighted by Gasteiger charge is 2.18. The van der Waals surface area contributed by atoms with Crippen LogP contribution in [-0.4, -0.2) is 22.9 Å². The summed E-state index contributed by atoms with van der Waals surface area (Å²) in [5.41, 5.74) is 3.19. The van der Waals surface area contributed by atoms with E-state index in [1.54, 1.807) is 0 Å². The Morgan fingerprint density at radius 1 is 1.04 bits per heavy atom. The summed E-state index contributed by atoms with van der Waals surface area (Å²) in [6, 6.07) is 18.0. The minimum Gasteiger partial charge on any atom is -0.481 e. The summed E-state index contributed by atoms with van der Waals surface area (Å²) in [4.78, 5) is 22.7. The van der Waals surface area contributed by atoms with Crippen LogP contribution in [0.3, 0.4) is 0 Å². The summed E-state index contributed by atoms with van der Waals surface area (Å²) in [6.45, 7) is 2.42. The number of carbonyl (C=O) groups excluding carboxylic acids is 1. The zero-order valence-corrected chi connectivity index (χ0v) is 14.4. The van der Waals surface area contributed by atoms with E-state index in [2.05, 4.69) is 5.32 Å². The van der Waals surface area contributed by atoms with E-state index in [-0.39, 0.29) is 16.9 Å². The van der Waals surface area contributed by atoms with E-state index in [9.17, 15) is 9.59 Å². The summed E-state index contributed by atoms with van der Waals surface area (Å²) >= 11 is 1.15. The van der Waals surface area contributed by atoms with Crippen molar-refractivity contribution < 1.29 is 14.7 Å². The maximum atomic E-state index is 11.9. The molecule has 1 atom stereocenters. The number of nitrogens with one attached hydrogen (secondary N) is 1. The van der Waals surface area contributed by atoms with Crippen molar-refractivity contribution in [3.8, 4) is 11.1 Å². The van der Waals surface area contributed by atoms with E-state index >= 15 is 0 Å². The lowest BCUT2D eigenvalue weighted by Crippen LogP contribution is -2.19. The second kappa shape index (κ2) is 9.13. The molecule has 0 aliphatic heterocycles. The fourth-order valence-electron chi connectivity index (χ4n) is 2.38. The van der Waals surface area contributed by atoms with Crippen LogP contribution < -0.4 is 5.32 Å². The number of carboxylic acids is 1. The van der Waals surface area contributed by atoms with Gasteiger partial charge in [0.1, 0.15) is 0 Å². The monoisotopic (exact) mass is 343 g/mol. The molecule has 0 heterocycles. The van der Waals surface area contributed by atoms with E-state index in [0.29, 0.717) is 13.0 Å². The zero-order valence-electron chi connectivity index (χ0n) is 13.6. The number of carboxylic acid groups (broad SMARTS) is 1. The predicted octanol–water partition coefficient (Wildman–Crippen LogP) is 4.72. The Hall–Kier alpha value is -2.27. The van der Waals surface area contributed by atoms with E-state index in [1.807, 2.05) is 61.5 Å². The Morgan fingerprint density at radius 2 is 1.67 bits per heavy atom. The van der Waals surface area contributed by atoms with Gasteiger partial charge in [0.2, 0.25) is 0 Å². The lowest BCUT2D eigenvalue weighted by atomic mass is 10.0. The van der Waals surface area contributed by atoms with Gasteiger partial charge >= 0.3 is 5.97 Å². The molecule has 2 rings (SSSR count). The average Bonchev–Trinajstić information content (AvgIpc) is 2.59. The highest BCUT2D eigenvalue weighted by molar-refractivity contribution is 8.13. The molecular formula is C19H21NO3S. The van der Waals surface area contributed by atoms with Gasteiger partial charge in [-0.05, 0) is 30.0 Å². The number of benzene rings is 2. The second-order valence-corrected chi connectivity index (χ2v) is 6.52. The smallest absolute Gasteiger partial charge is 0.303 e. The number of hydrogen-bond acceptors (Lipinski definition) is 3. The summed E-state index contributed by atoms with van der Waals surface area (Å²) in [6.07, 6.45) is 0.458. The lowest BCUT2D eigenvalue weighted by molar-refractivity contribution is -0.137. The minimum atomic E-state index is -0.850. The Kier molecular flexibility index (Phi) is 6.88. The number of hydrogen-bond donors (Lipinski definition) is 2. The molecule has 0 aliphatic carbocycles. The second-order valence-electron chi connectivity index (χ2n) is 5.34. The standard InChI is InChI=1S/C19H21NO3S/c1-2-20-19(23)24-17(12-13-18(21)22)16-10-8-15(9-11-16)14-6-4-3-5-7-14/h3-11,17H,2,12-13H2,1H3,(H,20,23)(H,21,22). The lowest BCUT2D eigenvalue weighted by Gasteiger charge is -2.16. The normalized spacial score (nSPS) is 11.7. The van der Waals surface area contributed by atoms with Crippen molar-refractivity contribution in [1.82, 2.24) is 5.32 Å². The van der Waals surface area contributed by atoms with Crippen LogP contribution in [-0.2, 0) is 4.79 Å². The largest absolute Gasteiger partial charge is 0.481 e. The van der Waals surface area contributed by atoms with E-state index in [4.69, 9.17) is 5.11 Å². The van der Waals surface area contributed by atoms with E-state index in [0.717, 1.165) is 28.5 Å². The zero-order chi connectivity index (χ0) is 17.4. The summed E-state index contributed by atoms with van der Waals surface area (Å²) in [5, 5.41) is 11.4. The molecule has 126 valence electrons. The van der Waals surface area contributed by atoms with Crippen molar-refractivity contribution >= 4 is 23.0 Å². The average molecular weight is 343 g/mol. The molecule has 0 aromatic heterocycles. The van der Waals surface area contributed by atoms with Gasteiger partial charge in [0.05, 0.1) is 0 Å². The fraction of sp³-hybridized carbons (Fsp3) is 0.263. The highest BCUT2D eigenvalue weighted by atomic mass is 32.2. The molecule has 0 fully saturated rings. The van der Waals surface area contributed by atoms with Gasteiger partial charge in [-0.15, -0.1) is 0 Å². The van der Waals surface area contributed by atoms with Gasteiger partial charge in [-0.2, -0.15) is 0 Å². The summed E-state index contributed by atoms with van der Waals surface area (Å²) in [7, 11) is 0. The first-order valence-electron chi connectivity index (χ1n) is 7.91. The van der Waals surface area contributed by atoms with Gasteiger partial charge < -0.3 is 10.4 Å². The molecule has 0 saturated carbocycles. The molecule has 5 heteroatoms. The van der Waals surface area contributed by atoms with Gasteiger partial charge in [-0.1, -0.05) is 66.4 Å². The first kappa shape index (κ1) is 18.1. The molecule has 24 heavy (non-hydrogen) atoms. The first-order valence-corrected chi connectivity index (χ1v) is 8.79. The fourth-order valence-corrected chi connectivity index (χ4v) is 3.40. The van der Waals surface area contributed by atoms with Gasteiger partial charge in [-0.3, -0.25) is 9.59 Å². The van der Waals surface area contributed by atoms with Crippen molar-refractivity contribution in [1.29, 1.82) is 0 Å². The Morgan fingerprint density at radius 3 is 2.25 bits per heavy atom. The molecule has 4 nitrogen and oxygen atoms in total. The van der Waals surface area contributed by atoms with Crippen LogP contribution >= 0.6 is 11.8 Å². The molecule has 0 aliphatic rings. The predicted molar refractivity (Wildman–Crippen MR) is 98.2 cm³/mol. The Bertz CT molecular complexity index is 671. The van der Waals surface area contributed by atoms with Crippen molar-refractivity contribution in [2.45, 2.75) is 25.0 Å². The molecule has 2 N–H and O–H groups in total. The van der Waals surface area contributed by atoms with E-state index in [1.165, 1.54) is 0 Å². The van der Waals surface area contributed by atoms with Gasteiger partial charge in [0, 0.05) is 18.2 Å². The molecule has 0 radical (unpaired) electrons. The van der Waals surface area contributed by atoms with Crippen molar-refractivity contribution in [3.63, 3.8) is 0 Å². The highest BCUT2D eigenvalue weighted by Crippen LogP contribution is 2.34. The summed E-state index contributed by atoms with van der Waals surface area (Å²) < 4.78 is 0. The molecular weight excluding hydrogens is 322 g/mol. The molecule has 1 amide bonds. The Balaban J connectivity index is 2.15. The number of rotatable bonds is 7. The first-order chi connectivity index (χ1) is 11.6. The third-order valence-corrected chi connectivity index (χ3v) is 4.73. The van der Waals surface area contributed by atoms with Crippen LogP contribution in [0.4, 0.5) is 4.79 Å². The molecule has 1 unspecified atom stereocenters. The van der Waals surface area contributed by atoms with Crippen LogP contribution in [0.1, 0.15) is 30.6 Å². The van der Waals surface area contributed by atoms with Gasteiger partial charge in [-0.25, -0.2) is 0 Å². The molecule has 0 saturated heterocycles. The van der Waals surface area contributed by atoms with Crippen LogP contribution in [0, 0.1) is 0 Å². The molecule has 2 aromatic rings. The summed E-state index contributed by atoms with van der Waals surface area (Å²) in [5.74, 6) is -0.850. The number of amides is 1. The van der Waals surface area contributed by atoms with Gasteiger partial charge in [0.15, 0.2) is 0 Å². The topological polar surface area (TPSA) is 66.4 Å². The maximum absolute atomic E-state index is 11.9. The van der Waals surface area contributed by atoms with Crippen molar-refractivity contribution in [2.24, 2.45) is 0 Å². The number of thioether (sulfide) groups is 1. The quantitative estimate of drug-likeness (QED) is 0.763. The number of aliphatic carboxylic acids is 1. The van der Waals surface area contributed by atoms with Crippen molar-refractivity contribution in [2.75, 3.05) is 6.54 Å². The van der Waals surface area contributed by atoms with Gasteiger partial charge in [0.25, 0.3) is 5.24 Å². The minimum absolute atomic E-state index is 0.0392. The third kappa shape index (κ3) is 5.42. The number of carbonyl (C=O) groups is 2. The third-order valence-electron chi connectivity index (χ3n) is 3.58. The van der Waals surface area contributed by atoms with Crippen LogP contribution in [0.25, 0.3) is 11.1 Å². The molecule has 0 spiro atoms. The molecule has 2 aromatic carbocycles. The van der Waals surface area contributed by atoms with Crippen LogP contribution in [0.15, 0.2) is 54.6 Å². The maximum Gasteiger partial charge on any atom is 0.303 e. The van der Waals surface area contributed by atoms with E-state index < -0.39 is 5.97 Å².